The number of piperidine rings is 1. The Kier molecular flexibility index (Phi) is 5.39. The molecule has 8 heteroatoms. The van der Waals surface area contributed by atoms with Crippen LogP contribution >= 0.6 is 11.3 Å². The smallest absolute Gasteiger partial charge is 0.266 e. The van der Waals surface area contributed by atoms with Crippen LogP contribution in [0.15, 0.2) is 46.8 Å². The maximum absolute atomic E-state index is 13.0. The van der Waals surface area contributed by atoms with E-state index in [9.17, 15) is 13.2 Å². The van der Waals surface area contributed by atoms with Crippen LogP contribution in [0.4, 0.5) is 5.13 Å². The van der Waals surface area contributed by atoms with E-state index in [1.54, 1.807) is 34.7 Å². The molecule has 0 bridgehead atoms. The Labute approximate surface area is 152 Å². The predicted molar refractivity (Wildman–Crippen MR) is 98.1 cm³/mol. The van der Waals surface area contributed by atoms with Crippen LogP contribution in [0.1, 0.15) is 19.8 Å². The van der Waals surface area contributed by atoms with E-state index in [0.29, 0.717) is 24.1 Å². The molecule has 1 aliphatic rings. The highest BCUT2D eigenvalue weighted by Crippen LogP contribution is 2.26. The molecular weight excluding hydrogens is 358 g/mol. The average molecular weight is 380 g/mol. The number of carbonyl (C=O) groups excluding carboxylic acids is 1. The summed E-state index contributed by atoms with van der Waals surface area (Å²) in [5, 5.41) is 2.01. The van der Waals surface area contributed by atoms with Gasteiger partial charge in [-0.05, 0) is 30.9 Å². The lowest BCUT2D eigenvalue weighted by Crippen LogP contribution is -2.46. The Balaban J connectivity index is 1.87. The first-order valence-electron chi connectivity index (χ1n) is 8.23. The molecule has 1 aromatic heterocycles. The molecule has 1 aromatic carbocycles. The Morgan fingerprint density at radius 2 is 2.12 bits per heavy atom. The van der Waals surface area contributed by atoms with Gasteiger partial charge in [0, 0.05) is 24.7 Å². The van der Waals surface area contributed by atoms with Crippen molar-refractivity contribution in [3.05, 3.63) is 41.9 Å². The summed E-state index contributed by atoms with van der Waals surface area (Å²) >= 11 is 1.21. The van der Waals surface area contributed by atoms with E-state index in [-0.39, 0.29) is 17.3 Å². The van der Waals surface area contributed by atoms with Crippen molar-refractivity contribution in [1.82, 2.24) is 9.88 Å². The molecule has 0 radical (unpaired) electrons. The maximum Gasteiger partial charge on any atom is 0.266 e. The number of thiazole rings is 1. The summed E-state index contributed by atoms with van der Waals surface area (Å²) in [4.78, 5) is 18.8. The summed E-state index contributed by atoms with van der Waals surface area (Å²) in [5.74, 6) is 0.262. The second-order valence-electron chi connectivity index (χ2n) is 6.23. The van der Waals surface area contributed by atoms with Crippen LogP contribution in [-0.2, 0) is 14.8 Å². The van der Waals surface area contributed by atoms with Gasteiger partial charge in [-0.3, -0.25) is 4.79 Å². The standard InChI is InChI=1S/C17H21N3O3S2/c1-14-6-5-10-19(12-14)16(21)13-20(17-18-9-11-24-17)25(22,23)15-7-3-2-4-8-15/h2-4,7-9,11,14H,5-6,10,12-13H2,1H3/t14-/m1/s1. The Bertz CT molecular complexity index is 807. The number of anilines is 1. The van der Waals surface area contributed by atoms with Crippen LogP contribution in [-0.4, -0.2) is 43.8 Å². The number of rotatable bonds is 5. The number of nitrogens with zero attached hydrogens (tertiary/aromatic N) is 3. The van der Waals surface area contributed by atoms with Crippen molar-refractivity contribution in [3.8, 4) is 0 Å². The quantitative estimate of drug-likeness (QED) is 0.801. The number of hydrogen-bond donors (Lipinski definition) is 0. The van der Waals surface area contributed by atoms with Gasteiger partial charge in [-0.25, -0.2) is 17.7 Å². The lowest BCUT2D eigenvalue weighted by Gasteiger charge is -2.32. The Morgan fingerprint density at radius 1 is 1.36 bits per heavy atom. The zero-order valence-corrected chi connectivity index (χ0v) is 15.7. The Hall–Kier alpha value is -1.93. The van der Waals surface area contributed by atoms with E-state index in [4.69, 9.17) is 0 Å². The molecule has 134 valence electrons. The lowest BCUT2D eigenvalue weighted by molar-refractivity contribution is -0.131. The number of likely N-dealkylation sites (tertiary alicyclic amines) is 1. The van der Waals surface area contributed by atoms with Gasteiger partial charge in [0.25, 0.3) is 10.0 Å². The zero-order valence-electron chi connectivity index (χ0n) is 14.0. The van der Waals surface area contributed by atoms with Crippen LogP contribution in [0.5, 0.6) is 0 Å². The molecule has 1 saturated heterocycles. The van der Waals surface area contributed by atoms with Gasteiger partial charge < -0.3 is 4.90 Å². The molecule has 1 fully saturated rings. The average Bonchev–Trinajstić information content (AvgIpc) is 3.14. The third kappa shape index (κ3) is 4.01. The highest BCUT2D eigenvalue weighted by atomic mass is 32.2. The monoisotopic (exact) mass is 379 g/mol. The van der Waals surface area contributed by atoms with Gasteiger partial charge in [0.15, 0.2) is 5.13 Å². The zero-order chi connectivity index (χ0) is 17.9. The minimum atomic E-state index is -3.84. The number of hydrogen-bond acceptors (Lipinski definition) is 5. The molecule has 1 aliphatic heterocycles. The second-order valence-corrected chi connectivity index (χ2v) is 8.96. The molecule has 6 nitrogen and oxygen atoms in total. The first-order chi connectivity index (χ1) is 12.0. The summed E-state index contributed by atoms with van der Waals surface area (Å²) in [7, 11) is -3.84. The molecule has 3 rings (SSSR count). The SMILES string of the molecule is C[C@@H]1CCCN(C(=O)CN(c2nccs2)S(=O)(=O)c2ccccc2)C1. The van der Waals surface area contributed by atoms with Crippen molar-refractivity contribution in [1.29, 1.82) is 0 Å². The first kappa shape index (κ1) is 17.9. The van der Waals surface area contributed by atoms with E-state index in [1.165, 1.54) is 23.5 Å². The molecule has 0 N–H and O–H groups in total. The van der Waals surface area contributed by atoms with Crippen molar-refractivity contribution >= 4 is 32.4 Å². The van der Waals surface area contributed by atoms with Crippen molar-refractivity contribution in [2.45, 2.75) is 24.7 Å². The molecule has 0 saturated carbocycles. The highest BCUT2D eigenvalue weighted by molar-refractivity contribution is 7.93. The van der Waals surface area contributed by atoms with Crippen LogP contribution in [0, 0.1) is 5.92 Å². The fraction of sp³-hybridized carbons (Fsp3) is 0.412. The van der Waals surface area contributed by atoms with Gasteiger partial charge in [0.2, 0.25) is 5.91 Å². The summed E-state index contributed by atoms with van der Waals surface area (Å²) < 4.78 is 27.2. The summed E-state index contributed by atoms with van der Waals surface area (Å²) in [6.45, 7) is 3.24. The van der Waals surface area contributed by atoms with Crippen molar-refractivity contribution in [2.75, 3.05) is 23.9 Å². The summed E-state index contributed by atoms with van der Waals surface area (Å²) in [6.07, 6.45) is 3.60. The normalized spacial score (nSPS) is 18.1. The molecule has 0 aliphatic carbocycles. The van der Waals surface area contributed by atoms with Gasteiger partial charge in [-0.15, -0.1) is 11.3 Å². The number of carbonyl (C=O) groups is 1. The third-order valence-corrected chi connectivity index (χ3v) is 6.91. The number of amides is 1. The fourth-order valence-corrected chi connectivity index (χ4v) is 5.21. The van der Waals surface area contributed by atoms with Crippen LogP contribution in [0.2, 0.25) is 0 Å². The van der Waals surface area contributed by atoms with Crippen molar-refractivity contribution in [3.63, 3.8) is 0 Å². The number of sulfonamides is 1. The number of benzene rings is 1. The minimum Gasteiger partial charge on any atom is -0.341 e. The third-order valence-electron chi connectivity index (χ3n) is 4.25. The van der Waals surface area contributed by atoms with Gasteiger partial charge in [0.05, 0.1) is 4.90 Å². The predicted octanol–water partition coefficient (Wildman–Crippen LogP) is 2.60. The summed E-state index contributed by atoms with van der Waals surface area (Å²) in [5.41, 5.74) is 0. The number of aromatic nitrogens is 1. The fourth-order valence-electron chi connectivity index (χ4n) is 2.95. The van der Waals surface area contributed by atoms with Crippen LogP contribution in [0.25, 0.3) is 0 Å². The van der Waals surface area contributed by atoms with Crippen LogP contribution in [0.3, 0.4) is 0 Å². The topological polar surface area (TPSA) is 70.6 Å². The van der Waals surface area contributed by atoms with E-state index < -0.39 is 10.0 Å². The highest BCUT2D eigenvalue weighted by Gasteiger charge is 2.31. The molecule has 25 heavy (non-hydrogen) atoms. The minimum absolute atomic E-state index is 0.157. The maximum atomic E-state index is 13.0. The molecule has 2 heterocycles. The van der Waals surface area contributed by atoms with Gasteiger partial charge in [-0.2, -0.15) is 0 Å². The first-order valence-corrected chi connectivity index (χ1v) is 10.6. The van der Waals surface area contributed by atoms with Crippen LogP contribution < -0.4 is 4.31 Å². The van der Waals surface area contributed by atoms with Gasteiger partial charge in [-0.1, -0.05) is 25.1 Å². The molecule has 1 atom stereocenters. The van der Waals surface area contributed by atoms with E-state index in [2.05, 4.69) is 11.9 Å². The largest absolute Gasteiger partial charge is 0.341 e. The van der Waals surface area contributed by atoms with Crippen molar-refractivity contribution < 1.29 is 13.2 Å². The lowest BCUT2D eigenvalue weighted by atomic mass is 10.0. The molecule has 1 amide bonds. The van der Waals surface area contributed by atoms with Crippen molar-refractivity contribution in [2.24, 2.45) is 5.92 Å². The Morgan fingerprint density at radius 3 is 2.76 bits per heavy atom. The molecule has 0 spiro atoms. The van der Waals surface area contributed by atoms with E-state index in [1.807, 2.05) is 0 Å². The van der Waals surface area contributed by atoms with E-state index in [0.717, 1.165) is 17.1 Å². The second kappa shape index (κ2) is 7.53. The molecule has 0 unspecified atom stereocenters. The molecule has 2 aromatic rings. The van der Waals surface area contributed by atoms with Gasteiger partial charge in [0.1, 0.15) is 6.54 Å². The van der Waals surface area contributed by atoms with Gasteiger partial charge >= 0.3 is 0 Å². The van der Waals surface area contributed by atoms with E-state index >= 15 is 0 Å². The summed E-state index contributed by atoms with van der Waals surface area (Å²) in [6, 6.07) is 8.15. The molecular formula is C17H21N3O3S2.